The number of aryl methyl sites for hydroxylation is 6. The molecule has 618 valence electrons. The molecule has 128 heavy (non-hydrogen) atoms. The lowest BCUT2D eigenvalue weighted by Gasteiger charge is -2.19. The maximum atomic E-state index is 5.46. The summed E-state index contributed by atoms with van der Waals surface area (Å²) in [7, 11) is 0. The Hall–Kier alpha value is -15.2. The molecule has 6 aromatic heterocycles. The van der Waals surface area contributed by atoms with E-state index in [4.69, 9.17) is 29.9 Å². The van der Waals surface area contributed by atoms with Crippen LogP contribution < -0.4 is 0 Å². The Morgan fingerprint density at radius 2 is 0.406 bits per heavy atom. The molecule has 6 nitrogen and oxygen atoms in total. The third-order valence-electron chi connectivity index (χ3n) is 25.0. The zero-order chi connectivity index (χ0) is 87.1. The van der Waals surface area contributed by atoms with Gasteiger partial charge in [0, 0.05) is 104 Å². The van der Waals surface area contributed by atoms with Gasteiger partial charge in [-0.3, -0.25) is 19.9 Å². The number of hydrogen-bond acceptors (Lipinski definition) is 6. The smallest absolute Gasteiger partial charge is 0.0974 e. The second-order valence-electron chi connectivity index (χ2n) is 34.5. The molecule has 21 rings (SSSR count). The molecule has 0 radical (unpaired) electrons. The molecule has 0 amide bonds. The van der Waals surface area contributed by atoms with Crippen LogP contribution in [0.4, 0.5) is 0 Å². The van der Waals surface area contributed by atoms with E-state index in [-0.39, 0.29) is 11.8 Å². The van der Waals surface area contributed by atoms with E-state index in [1.807, 2.05) is 0 Å². The van der Waals surface area contributed by atoms with Crippen molar-refractivity contribution in [3.05, 3.63) is 501 Å². The molecule has 21 aromatic rings. The van der Waals surface area contributed by atoms with Crippen LogP contribution in [0.2, 0.25) is 0 Å². The van der Waals surface area contributed by atoms with Gasteiger partial charge in [-0.1, -0.05) is 411 Å². The zero-order valence-corrected chi connectivity index (χ0v) is 73.8. The molecule has 2 atom stereocenters. The fourth-order valence-electron chi connectivity index (χ4n) is 18.2. The van der Waals surface area contributed by atoms with Gasteiger partial charge in [0.15, 0.2) is 0 Å². The Morgan fingerprint density at radius 3 is 0.656 bits per heavy atom. The molecular formula is C122H100N6. The fourth-order valence-corrected chi connectivity index (χ4v) is 18.2. The van der Waals surface area contributed by atoms with Gasteiger partial charge < -0.3 is 0 Å². The normalized spacial score (nSPS) is 11.8. The highest BCUT2D eigenvalue weighted by atomic mass is 14.8. The molecular weight excluding hydrogens is 1550 g/mol. The van der Waals surface area contributed by atoms with Crippen LogP contribution in [-0.2, 0) is 25.7 Å². The van der Waals surface area contributed by atoms with E-state index in [2.05, 4.69) is 456 Å². The molecule has 0 aliphatic heterocycles. The minimum atomic E-state index is 0.125. The number of rotatable bonds is 18. The second kappa shape index (κ2) is 36.9. The number of nitrogens with zero attached hydrogens (tertiary/aromatic N) is 6. The van der Waals surface area contributed by atoms with Crippen LogP contribution in [-0.4, -0.2) is 29.9 Å². The van der Waals surface area contributed by atoms with Crippen molar-refractivity contribution in [2.75, 3.05) is 0 Å². The quantitative estimate of drug-likeness (QED) is 0.0797. The van der Waals surface area contributed by atoms with E-state index in [0.717, 1.165) is 125 Å². The van der Waals surface area contributed by atoms with Gasteiger partial charge in [-0.2, -0.15) is 0 Å². The summed E-state index contributed by atoms with van der Waals surface area (Å²) in [5, 5.41) is 6.74. The number of aromatic nitrogens is 6. The minimum Gasteiger partial charge on any atom is -0.250 e. The maximum Gasteiger partial charge on any atom is 0.0974 e. The third kappa shape index (κ3) is 18.1. The fraction of sp³-hybridized carbons (Fsp3) is 0.115. The summed E-state index contributed by atoms with van der Waals surface area (Å²) in [5.41, 5.74) is 41.4. The summed E-state index contributed by atoms with van der Waals surface area (Å²) in [4.78, 5) is 32.3. The Kier molecular flexibility index (Phi) is 23.7. The summed E-state index contributed by atoms with van der Waals surface area (Å²) >= 11 is 0. The summed E-state index contributed by atoms with van der Waals surface area (Å²) in [6, 6.07) is 144. The van der Waals surface area contributed by atoms with Gasteiger partial charge in [0.2, 0.25) is 0 Å². The molecule has 6 heterocycles. The van der Waals surface area contributed by atoms with Gasteiger partial charge >= 0.3 is 0 Å². The molecule has 0 aliphatic carbocycles. The van der Waals surface area contributed by atoms with Crippen molar-refractivity contribution in [1.82, 2.24) is 29.9 Å². The predicted octanol–water partition coefficient (Wildman–Crippen LogP) is 30.9. The van der Waals surface area contributed by atoms with Crippen molar-refractivity contribution in [3.63, 3.8) is 0 Å². The van der Waals surface area contributed by atoms with Gasteiger partial charge in [-0.25, -0.2) is 9.97 Å². The van der Waals surface area contributed by atoms with E-state index in [9.17, 15) is 0 Å². The topological polar surface area (TPSA) is 77.3 Å². The summed E-state index contributed by atoms with van der Waals surface area (Å²) in [6.45, 7) is 17.4. The Morgan fingerprint density at radius 1 is 0.180 bits per heavy atom. The van der Waals surface area contributed by atoms with E-state index >= 15 is 0 Å². The standard InChI is InChI=1S/C42H36N2.2C40H32N2/c1-27-13-11-19-33(23-27)29(3)39-25-37(31-15-7-5-8-16-31)35-21-22-36-38(32-17-9-6-10-18-32)26-40(44-42(36)41(35)43-39)30(4)34-20-12-14-28(2)24-34;1-27-11-9-13-29(21-27)23-33-25-37(31-15-5-3-6-16-31)35-19-20-36-38(32-17-7-4-8-18-32)26-34(42-40(36)39(35)41-33)24-30-14-10-12-28(2)22-30;1-27-13-17-29(18-14-27)23-33-25-37(31-9-5-3-6-10-31)35-21-22-36-38(32-11-7-4-8-12-32)26-34(42-40(36)39(35)41-33)24-30-19-15-28(2)16-20-30/h5-26,29-30H,1-4H3;2*3-22,25-26H,23-24H2,1-2H3. The SMILES string of the molecule is Cc1ccc(Cc2cc(-c3ccccc3)c3ccc4c(-c5ccccc5)cc(Cc5ccc(C)cc5)nc4c3n2)cc1.Cc1cccc(C(C)c2cc(-c3ccccc3)c3ccc4c(-c5ccccc5)cc(C(C)c5cccc(C)c5)nc4c3n2)c1.Cc1cccc(Cc2cc(-c3ccccc3)c3ccc4c(-c5ccccc5)cc(Cc5cccc(C)c5)nc4c3n2)c1. The molecule has 6 heteroatoms. The highest BCUT2D eigenvalue weighted by molar-refractivity contribution is 6.15. The molecule has 0 N–H and O–H groups in total. The largest absolute Gasteiger partial charge is 0.250 e. The summed E-state index contributed by atoms with van der Waals surface area (Å²) < 4.78 is 0. The van der Waals surface area contributed by atoms with E-state index in [1.165, 1.54) is 134 Å². The number of hydrogen-bond donors (Lipinski definition) is 0. The van der Waals surface area contributed by atoms with Crippen molar-refractivity contribution in [2.45, 2.75) is 92.9 Å². The van der Waals surface area contributed by atoms with Crippen molar-refractivity contribution in [1.29, 1.82) is 0 Å². The lowest BCUT2D eigenvalue weighted by atomic mass is 9.90. The number of fused-ring (bicyclic) bond motifs is 9. The van der Waals surface area contributed by atoms with Crippen LogP contribution in [0.15, 0.2) is 400 Å². The molecule has 15 aromatic carbocycles. The van der Waals surface area contributed by atoms with Gasteiger partial charge in [0.25, 0.3) is 0 Å². The van der Waals surface area contributed by atoms with Crippen LogP contribution >= 0.6 is 0 Å². The van der Waals surface area contributed by atoms with E-state index < -0.39 is 0 Å². The summed E-state index contributed by atoms with van der Waals surface area (Å²) in [6.07, 6.45) is 3.06. The Labute approximate surface area is 751 Å². The van der Waals surface area contributed by atoms with Gasteiger partial charge in [0.1, 0.15) is 0 Å². The lowest BCUT2D eigenvalue weighted by Crippen LogP contribution is -2.04. The van der Waals surface area contributed by atoms with Crippen molar-refractivity contribution >= 4 is 65.4 Å². The van der Waals surface area contributed by atoms with Gasteiger partial charge in [-0.05, 0) is 178 Å². The first-order chi connectivity index (χ1) is 62.7. The van der Waals surface area contributed by atoms with E-state index in [1.54, 1.807) is 0 Å². The van der Waals surface area contributed by atoms with Crippen LogP contribution in [0.25, 0.3) is 132 Å². The van der Waals surface area contributed by atoms with Crippen molar-refractivity contribution in [2.24, 2.45) is 0 Å². The molecule has 2 unspecified atom stereocenters. The molecule has 0 fully saturated rings. The first-order valence-electron chi connectivity index (χ1n) is 44.7. The minimum absolute atomic E-state index is 0.125. The molecule has 0 saturated heterocycles. The Bertz CT molecular complexity index is 7150. The van der Waals surface area contributed by atoms with Gasteiger partial charge in [-0.15, -0.1) is 0 Å². The monoisotopic (exact) mass is 1650 g/mol. The van der Waals surface area contributed by atoms with Crippen LogP contribution in [0.1, 0.15) is 127 Å². The molecule has 0 aliphatic rings. The maximum absolute atomic E-state index is 5.46. The third-order valence-corrected chi connectivity index (χ3v) is 25.0. The Balaban J connectivity index is 0.000000125. The number of pyridine rings is 6. The number of benzene rings is 15. The highest BCUT2D eigenvalue weighted by Gasteiger charge is 2.24. The average molecular weight is 1650 g/mol. The summed E-state index contributed by atoms with van der Waals surface area (Å²) in [5.74, 6) is 0.250. The predicted molar refractivity (Wildman–Crippen MR) is 537 cm³/mol. The molecule has 0 bridgehead atoms. The first kappa shape index (κ1) is 82.4. The van der Waals surface area contributed by atoms with Crippen molar-refractivity contribution < 1.29 is 0 Å². The highest BCUT2D eigenvalue weighted by Crippen LogP contribution is 2.44. The molecule has 0 spiro atoms. The van der Waals surface area contributed by atoms with Crippen LogP contribution in [0, 0.1) is 41.5 Å². The van der Waals surface area contributed by atoms with Crippen molar-refractivity contribution in [3.8, 4) is 66.8 Å². The van der Waals surface area contributed by atoms with Gasteiger partial charge in [0.05, 0.1) is 33.1 Å². The first-order valence-corrected chi connectivity index (χ1v) is 44.7. The lowest BCUT2D eigenvalue weighted by molar-refractivity contribution is 0.874. The average Bonchev–Trinajstić information content (AvgIpc) is 0.788. The van der Waals surface area contributed by atoms with E-state index in [0.29, 0.717) is 0 Å². The van der Waals surface area contributed by atoms with Crippen LogP contribution in [0.5, 0.6) is 0 Å². The van der Waals surface area contributed by atoms with Crippen LogP contribution in [0.3, 0.4) is 0 Å². The zero-order valence-electron chi connectivity index (χ0n) is 73.8. The second-order valence-corrected chi connectivity index (χ2v) is 34.5. The molecule has 0 saturated carbocycles.